The van der Waals surface area contributed by atoms with E-state index in [9.17, 15) is 31.4 Å². The number of piperidine rings is 1. The first kappa shape index (κ1) is 36.0. The molecule has 1 fully saturated rings. The van der Waals surface area contributed by atoms with Crippen molar-refractivity contribution in [3.05, 3.63) is 47.6 Å². The fourth-order valence-electron chi connectivity index (χ4n) is 4.65. The summed E-state index contributed by atoms with van der Waals surface area (Å²) in [5, 5.41) is 28.7. The standard InChI is InChI=1S/C23H26ClN7O.2C2HF3O2/c1-14(30-23-20-22(27-12-26-20)28-13-29-23)17-11-18(24)16-3-2-7-25-19(16)21(17)31-8-4-15(5-9-31)6-10-32;2*3-2(4,5)1(6)7/h2-3,7,11-15,32H,4-6,8-10H2,1H3,(H2,26,27,28,29,30);2*(H,6,7). The Morgan fingerprint density at radius 1 is 1.07 bits per heavy atom. The zero-order valence-electron chi connectivity index (χ0n) is 23.9. The number of nitrogens with zero attached hydrogens (tertiary/aromatic N) is 5. The fraction of sp³-hybridized carbons (Fsp3) is 0.407. The number of imidazole rings is 1. The fourth-order valence-corrected chi connectivity index (χ4v) is 4.92. The highest BCUT2D eigenvalue weighted by molar-refractivity contribution is 6.36. The van der Waals surface area contributed by atoms with Crippen LogP contribution in [0.3, 0.4) is 0 Å². The Hall–Kier alpha value is -4.45. The van der Waals surface area contributed by atoms with Crippen molar-refractivity contribution in [1.29, 1.82) is 0 Å². The minimum Gasteiger partial charge on any atom is -0.475 e. The zero-order chi connectivity index (χ0) is 34.2. The predicted molar refractivity (Wildman–Crippen MR) is 154 cm³/mol. The third-order valence-corrected chi connectivity index (χ3v) is 7.15. The Balaban J connectivity index is 0.000000345. The minimum atomic E-state index is -5.08. The van der Waals surface area contributed by atoms with E-state index in [2.05, 4.69) is 37.1 Å². The van der Waals surface area contributed by atoms with Crippen molar-refractivity contribution in [2.24, 2.45) is 5.92 Å². The summed E-state index contributed by atoms with van der Waals surface area (Å²) in [5.41, 5.74) is 4.50. The summed E-state index contributed by atoms with van der Waals surface area (Å²) in [6.45, 7) is 4.21. The highest BCUT2D eigenvalue weighted by atomic mass is 35.5. The number of nitrogens with one attached hydrogen (secondary N) is 2. The van der Waals surface area contributed by atoms with Gasteiger partial charge in [-0.1, -0.05) is 11.6 Å². The third-order valence-electron chi connectivity index (χ3n) is 6.84. The van der Waals surface area contributed by atoms with E-state index in [1.807, 2.05) is 24.4 Å². The molecule has 1 saturated heterocycles. The monoisotopic (exact) mass is 679 g/mol. The average molecular weight is 680 g/mol. The van der Waals surface area contributed by atoms with Gasteiger partial charge < -0.3 is 30.5 Å². The van der Waals surface area contributed by atoms with Gasteiger partial charge in [0.1, 0.15) is 11.8 Å². The summed E-state index contributed by atoms with van der Waals surface area (Å²) in [6.07, 6.45) is -2.24. The number of rotatable bonds is 6. The summed E-state index contributed by atoms with van der Waals surface area (Å²) in [5.74, 6) is -4.25. The number of carboxylic acids is 2. The number of carbonyl (C=O) groups is 2. The maximum Gasteiger partial charge on any atom is 0.490 e. The molecule has 12 nitrogen and oxygen atoms in total. The van der Waals surface area contributed by atoms with Crippen molar-refractivity contribution >= 4 is 57.1 Å². The lowest BCUT2D eigenvalue weighted by Gasteiger charge is -2.36. The molecule has 4 aromatic rings. The van der Waals surface area contributed by atoms with E-state index < -0.39 is 24.3 Å². The van der Waals surface area contributed by atoms with Gasteiger partial charge in [-0.05, 0) is 50.3 Å². The second-order valence-electron chi connectivity index (χ2n) is 9.93. The van der Waals surface area contributed by atoms with Gasteiger partial charge in [0.25, 0.3) is 0 Å². The molecule has 1 atom stereocenters. The van der Waals surface area contributed by atoms with Crippen LogP contribution in [-0.2, 0) is 9.59 Å². The lowest BCUT2D eigenvalue weighted by atomic mass is 9.92. The number of anilines is 2. The molecule has 5 rings (SSSR count). The van der Waals surface area contributed by atoms with Crippen LogP contribution in [0.15, 0.2) is 37.1 Å². The van der Waals surface area contributed by atoms with E-state index in [1.54, 1.807) is 6.33 Å². The Morgan fingerprint density at radius 3 is 2.24 bits per heavy atom. The molecule has 250 valence electrons. The summed E-state index contributed by atoms with van der Waals surface area (Å²) in [7, 11) is 0. The molecule has 0 bridgehead atoms. The Morgan fingerprint density at radius 2 is 1.67 bits per heavy atom. The van der Waals surface area contributed by atoms with E-state index in [0.29, 0.717) is 22.4 Å². The van der Waals surface area contributed by atoms with Gasteiger partial charge in [0.15, 0.2) is 11.5 Å². The SMILES string of the molecule is CC(Nc1ncnc2nc[nH]c12)c1cc(Cl)c2cccnc2c1N1CCC(CCO)CC1.O=C(O)C(F)(F)F.O=C(O)C(F)(F)F. The number of H-pyrrole nitrogens is 1. The van der Waals surface area contributed by atoms with E-state index in [1.165, 1.54) is 6.33 Å². The minimum absolute atomic E-state index is 0.0783. The molecular formula is C27H28ClF6N7O5. The number of fused-ring (bicyclic) bond motifs is 2. The van der Waals surface area contributed by atoms with Crippen molar-refractivity contribution < 1.29 is 51.3 Å². The highest BCUT2D eigenvalue weighted by Crippen LogP contribution is 2.40. The second-order valence-corrected chi connectivity index (χ2v) is 10.3. The van der Waals surface area contributed by atoms with Gasteiger partial charge in [-0.25, -0.2) is 24.5 Å². The molecule has 0 amide bonds. The van der Waals surface area contributed by atoms with E-state index in [-0.39, 0.29) is 12.6 Å². The maximum absolute atomic E-state index is 10.6. The molecule has 1 aromatic carbocycles. The van der Waals surface area contributed by atoms with Gasteiger partial charge in [-0.2, -0.15) is 26.3 Å². The van der Waals surface area contributed by atoms with Crippen LogP contribution in [0.25, 0.3) is 22.1 Å². The number of aromatic nitrogens is 5. The Kier molecular flexibility index (Phi) is 11.9. The number of pyridine rings is 1. The summed E-state index contributed by atoms with van der Waals surface area (Å²) in [6, 6.07) is 5.91. The first-order valence-corrected chi connectivity index (χ1v) is 13.9. The van der Waals surface area contributed by atoms with Crippen LogP contribution in [0, 0.1) is 5.92 Å². The van der Waals surface area contributed by atoms with Crippen molar-refractivity contribution in [3.8, 4) is 0 Å². The summed E-state index contributed by atoms with van der Waals surface area (Å²) in [4.78, 5) is 40.9. The molecule has 0 saturated carbocycles. The second kappa shape index (κ2) is 15.2. The summed E-state index contributed by atoms with van der Waals surface area (Å²) >= 11 is 6.71. The molecule has 0 spiro atoms. The van der Waals surface area contributed by atoms with Crippen LogP contribution in [0.2, 0.25) is 5.02 Å². The van der Waals surface area contributed by atoms with E-state index in [0.717, 1.165) is 60.0 Å². The topological polar surface area (TPSA) is 177 Å². The number of hydrogen-bond donors (Lipinski definition) is 5. The molecule has 46 heavy (non-hydrogen) atoms. The Labute approximate surface area is 261 Å². The van der Waals surface area contributed by atoms with Crippen LogP contribution in [0.1, 0.15) is 37.8 Å². The van der Waals surface area contributed by atoms with Crippen molar-refractivity contribution in [2.45, 2.75) is 44.6 Å². The number of aliphatic carboxylic acids is 2. The van der Waals surface area contributed by atoms with Crippen LogP contribution >= 0.6 is 11.6 Å². The first-order chi connectivity index (χ1) is 21.5. The van der Waals surface area contributed by atoms with Crippen LogP contribution < -0.4 is 10.2 Å². The number of halogens is 7. The number of hydrogen-bond acceptors (Lipinski definition) is 9. The molecule has 0 aliphatic carbocycles. The van der Waals surface area contributed by atoms with E-state index >= 15 is 0 Å². The molecule has 19 heteroatoms. The molecule has 3 aromatic heterocycles. The van der Waals surface area contributed by atoms with Gasteiger partial charge in [0.05, 0.1) is 28.6 Å². The molecule has 1 unspecified atom stereocenters. The van der Waals surface area contributed by atoms with Crippen molar-refractivity contribution in [3.63, 3.8) is 0 Å². The lowest BCUT2D eigenvalue weighted by Crippen LogP contribution is -2.35. The lowest BCUT2D eigenvalue weighted by molar-refractivity contribution is -0.193. The van der Waals surface area contributed by atoms with Gasteiger partial charge in [-0.15, -0.1) is 0 Å². The molecule has 4 heterocycles. The number of aromatic amines is 1. The average Bonchev–Trinajstić information content (AvgIpc) is 3.48. The number of benzene rings is 1. The smallest absolute Gasteiger partial charge is 0.475 e. The normalized spacial score (nSPS) is 14.6. The third kappa shape index (κ3) is 9.29. The Bertz CT molecular complexity index is 1620. The number of alkyl halides is 6. The predicted octanol–water partition coefficient (Wildman–Crippen LogP) is 5.59. The molecule has 5 N–H and O–H groups in total. The van der Waals surface area contributed by atoms with Crippen LogP contribution in [0.5, 0.6) is 0 Å². The summed E-state index contributed by atoms with van der Waals surface area (Å²) < 4.78 is 63.5. The van der Waals surface area contributed by atoms with Crippen LogP contribution in [-0.4, -0.2) is 84.2 Å². The van der Waals surface area contributed by atoms with Gasteiger partial charge in [0.2, 0.25) is 0 Å². The quantitative estimate of drug-likeness (QED) is 0.160. The van der Waals surface area contributed by atoms with Gasteiger partial charge in [-0.3, -0.25) is 4.98 Å². The largest absolute Gasteiger partial charge is 0.490 e. The number of aliphatic hydroxyl groups is 1. The number of aliphatic hydroxyl groups excluding tert-OH is 1. The maximum atomic E-state index is 10.6. The van der Waals surface area contributed by atoms with E-state index in [4.69, 9.17) is 36.4 Å². The zero-order valence-corrected chi connectivity index (χ0v) is 24.7. The van der Waals surface area contributed by atoms with Crippen molar-refractivity contribution in [2.75, 3.05) is 29.9 Å². The molecule has 1 aliphatic heterocycles. The molecular weight excluding hydrogens is 652 g/mol. The first-order valence-electron chi connectivity index (χ1n) is 13.5. The highest BCUT2D eigenvalue weighted by Gasteiger charge is 2.39. The van der Waals surface area contributed by atoms with Gasteiger partial charge >= 0.3 is 24.3 Å². The molecule has 1 aliphatic rings. The van der Waals surface area contributed by atoms with Crippen LogP contribution in [0.4, 0.5) is 37.8 Å². The van der Waals surface area contributed by atoms with Crippen molar-refractivity contribution in [1.82, 2.24) is 24.9 Å². The van der Waals surface area contributed by atoms with Gasteiger partial charge in [0, 0.05) is 36.8 Å². The molecule has 0 radical (unpaired) electrons. The number of carboxylic acid groups (broad SMARTS) is 2.